The number of imide groups is 1. The zero-order chi connectivity index (χ0) is 15.0. The summed E-state index contributed by atoms with van der Waals surface area (Å²) < 4.78 is 6.01. The van der Waals surface area contributed by atoms with Gasteiger partial charge in [-0.05, 0) is 31.6 Å². The number of urea groups is 1. The molecule has 0 atom stereocenters. The van der Waals surface area contributed by atoms with Crippen LogP contribution in [0.25, 0.3) is 0 Å². The molecule has 1 aromatic heterocycles. The Labute approximate surface area is 125 Å². The van der Waals surface area contributed by atoms with Gasteiger partial charge in [-0.1, -0.05) is 23.8 Å². The number of nitrogens with zero attached hydrogens (tertiary/aromatic N) is 2. The summed E-state index contributed by atoms with van der Waals surface area (Å²) in [6, 6.07) is -0.474. The lowest BCUT2D eigenvalue weighted by molar-refractivity contribution is -0.117. The zero-order valence-electron chi connectivity index (χ0n) is 11.6. The van der Waals surface area contributed by atoms with E-state index in [0.717, 1.165) is 6.42 Å². The first-order valence-electron chi connectivity index (χ1n) is 6.22. The Morgan fingerprint density at radius 3 is 2.80 bits per heavy atom. The van der Waals surface area contributed by atoms with E-state index >= 15 is 0 Å². The molecule has 2 N–H and O–H groups in total. The van der Waals surface area contributed by atoms with E-state index in [1.807, 2.05) is 20.8 Å². The molecule has 0 aliphatic heterocycles. The molecule has 0 saturated heterocycles. The predicted octanol–water partition coefficient (Wildman–Crippen LogP) is 1.65. The van der Waals surface area contributed by atoms with Gasteiger partial charge in [-0.15, -0.1) is 5.10 Å². The van der Waals surface area contributed by atoms with Gasteiger partial charge in [0.05, 0.1) is 11.9 Å². The highest BCUT2D eigenvalue weighted by molar-refractivity contribution is 8.01. The van der Waals surface area contributed by atoms with Gasteiger partial charge in [0.2, 0.25) is 5.91 Å². The van der Waals surface area contributed by atoms with Crippen molar-refractivity contribution in [3.05, 3.63) is 0 Å². The van der Waals surface area contributed by atoms with Crippen molar-refractivity contribution >= 4 is 35.0 Å². The average molecular weight is 318 g/mol. The first kappa shape index (κ1) is 16.7. The van der Waals surface area contributed by atoms with Crippen molar-refractivity contribution in [2.75, 3.05) is 12.3 Å². The van der Waals surface area contributed by atoms with Gasteiger partial charge in [0.15, 0.2) is 4.34 Å². The third kappa shape index (κ3) is 6.71. The smallest absolute Gasteiger partial charge is 0.321 e. The fourth-order valence-corrected chi connectivity index (χ4v) is 2.68. The summed E-state index contributed by atoms with van der Waals surface area (Å²) >= 11 is 2.49. The van der Waals surface area contributed by atoms with E-state index in [9.17, 15) is 9.59 Å². The van der Waals surface area contributed by atoms with Gasteiger partial charge < -0.3 is 10.1 Å². The Kier molecular flexibility index (Phi) is 7.31. The van der Waals surface area contributed by atoms with Crippen molar-refractivity contribution in [2.45, 2.75) is 37.6 Å². The molecule has 0 aliphatic rings. The summed E-state index contributed by atoms with van der Waals surface area (Å²) in [4.78, 5) is 22.8. The minimum atomic E-state index is -0.474. The van der Waals surface area contributed by atoms with Crippen LogP contribution in [-0.4, -0.2) is 40.5 Å². The Balaban J connectivity index is 2.30. The number of carbonyl (C=O) groups excluding carboxylic acids is 2. The third-order valence-corrected chi connectivity index (χ3v) is 3.79. The van der Waals surface area contributed by atoms with Crippen molar-refractivity contribution in [1.29, 1.82) is 0 Å². The fraction of sp³-hybridized carbons (Fsp3) is 0.636. The number of ether oxygens (including phenoxy) is 1. The normalized spacial score (nSPS) is 10.4. The number of aromatic nitrogens is 2. The highest BCUT2D eigenvalue weighted by Gasteiger charge is 2.11. The van der Waals surface area contributed by atoms with Crippen molar-refractivity contribution in [2.24, 2.45) is 0 Å². The molecule has 9 heteroatoms. The van der Waals surface area contributed by atoms with E-state index < -0.39 is 6.03 Å². The molecule has 3 amide bonds. The number of amides is 3. The first-order chi connectivity index (χ1) is 9.51. The molecule has 112 valence electrons. The Morgan fingerprint density at radius 1 is 1.40 bits per heavy atom. The van der Waals surface area contributed by atoms with Gasteiger partial charge in [-0.25, -0.2) is 4.79 Å². The molecule has 0 aliphatic carbocycles. The zero-order valence-corrected chi connectivity index (χ0v) is 13.3. The van der Waals surface area contributed by atoms with Gasteiger partial charge in [0, 0.05) is 6.54 Å². The van der Waals surface area contributed by atoms with Crippen LogP contribution in [0.2, 0.25) is 0 Å². The van der Waals surface area contributed by atoms with Gasteiger partial charge in [0.1, 0.15) is 0 Å². The minimum Gasteiger partial charge on any atom is -0.466 e. The Morgan fingerprint density at radius 2 is 2.15 bits per heavy atom. The Bertz CT molecular complexity index is 451. The van der Waals surface area contributed by atoms with Crippen molar-refractivity contribution < 1.29 is 14.3 Å². The molecule has 0 bridgehead atoms. The largest absolute Gasteiger partial charge is 0.466 e. The van der Waals surface area contributed by atoms with E-state index in [4.69, 9.17) is 4.74 Å². The molecule has 0 unspecified atom stereocenters. The van der Waals surface area contributed by atoms with E-state index in [-0.39, 0.29) is 17.8 Å². The summed E-state index contributed by atoms with van der Waals surface area (Å²) in [6.45, 7) is 6.27. The first-order valence-corrected chi connectivity index (χ1v) is 8.02. The lowest BCUT2D eigenvalue weighted by atomic mass is 10.5. The van der Waals surface area contributed by atoms with Gasteiger partial charge >= 0.3 is 6.03 Å². The number of thioether (sulfide) groups is 1. The minimum absolute atomic E-state index is 0.0337. The van der Waals surface area contributed by atoms with Crippen LogP contribution in [0.4, 0.5) is 4.79 Å². The maximum atomic E-state index is 11.5. The number of carbonyl (C=O) groups is 2. The van der Waals surface area contributed by atoms with Gasteiger partial charge in [-0.3, -0.25) is 10.1 Å². The summed E-state index contributed by atoms with van der Waals surface area (Å²) in [5, 5.41) is 13.0. The highest BCUT2D eigenvalue weighted by Crippen LogP contribution is 2.27. The molecule has 7 nitrogen and oxygen atoms in total. The molecular formula is C11H18N4O3S2. The molecule has 20 heavy (non-hydrogen) atoms. The van der Waals surface area contributed by atoms with Crippen LogP contribution in [0.3, 0.4) is 0 Å². The molecule has 0 saturated carbocycles. The highest BCUT2D eigenvalue weighted by atomic mass is 32.2. The second-order valence-corrected chi connectivity index (χ2v) is 6.26. The SMILES string of the molecule is CCCNC(=O)NC(=O)CSc1nnc(OC(C)C)s1. The number of rotatable bonds is 7. The molecule has 0 radical (unpaired) electrons. The third-order valence-electron chi connectivity index (χ3n) is 1.84. The molecular weight excluding hydrogens is 300 g/mol. The standard InChI is InChI=1S/C11H18N4O3S2/c1-4-5-12-9(17)13-8(16)6-19-11-15-14-10(20-11)18-7(2)3/h7H,4-6H2,1-3H3,(H2,12,13,16,17). The van der Waals surface area contributed by atoms with E-state index in [2.05, 4.69) is 20.8 Å². The second-order valence-electron chi connectivity index (χ2n) is 4.09. The Hall–Kier alpha value is -1.35. The number of hydrogen-bond donors (Lipinski definition) is 2. The molecule has 0 fully saturated rings. The molecule has 0 aromatic carbocycles. The number of nitrogens with one attached hydrogen (secondary N) is 2. The summed E-state index contributed by atoms with van der Waals surface area (Å²) in [5.41, 5.74) is 0. The molecule has 1 heterocycles. The summed E-state index contributed by atoms with van der Waals surface area (Å²) in [6.07, 6.45) is 0.853. The number of hydrogen-bond acceptors (Lipinski definition) is 7. The van der Waals surface area contributed by atoms with Crippen molar-refractivity contribution in [3.63, 3.8) is 0 Å². The molecule has 1 aromatic rings. The van der Waals surface area contributed by atoms with Crippen LogP contribution in [0.15, 0.2) is 4.34 Å². The van der Waals surface area contributed by atoms with Crippen LogP contribution < -0.4 is 15.4 Å². The van der Waals surface area contributed by atoms with Crippen molar-refractivity contribution in [1.82, 2.24) is 20.8 Å². The molecule has 0 spiro atoms. The average Bonchev–Trinajstić information content (AvgIpc) is 2.80. The quantitative estimate of drug-likeness (QED) is 0.743. The van der Waals surface area contributed by atoms with E-state index in [1.54, 1.807) is 0 Å². The van der Waals surface area contributed by atoms with Crippen LogP contribution >= 0.6 is 23.1 Å². The fourth-order valence-electron chi connectivity index (χ4n) is 1.08. The van der Waals surface area contributed by atoms with Crippen LogP contribution in [-0.2, 0) is 4.79 Å². The maximum Gasteiger partial charge on any atom is 0.321 e. The maximum absolute atomic E-state index is 11.5. The van der Waals surface area contributed by atoms with E-state index in [0.29, 0.717) is 16.1 Å². The lowest BCUT2D eigenvalue weighted by Gasteiger charge is -2.04. The monoisotopic (exact) mass is 318 g/mol. The summed E-state index contributed by atoms with van der Waals surface area (Å²) in [5.74, 6) is -0.263. The molecule has 1 rings (SSSR count). The topological polar surface area (TPSA) is 93.2 Å². The van der Waals surface area contributed by atoms with Crippen LogP contribution in [0.5, 0.6) is 5.19 Å². The van der Waals surface area contributed by atoms with Crippen LogP contribution in [0.1, 0.15) is 27.2 Å². The second kappa shape index (κ2) is 8.75. The van der Waals surface area contributed by atoms with Crippen molar-refractivity contribution in [3.8, 4) is 5.19 Å². The van der Waals surface area contributed by atoms with E-state index in [1.165, 1.54) is 23.1 Å². The summed E-state index contributed by atoms with van der Waals surface area (Å²) in [7, 11) is 0. The van der Waals surface area contributed by atoms with Crippen LogP contribution in [0, 0.1) is 0 Å². The van der Waals surface area contributed by atoms with Gasteiger partial charge in [0.25, 0.3) is 5.19 Å². The lowest BCUT2D eigenvalue weighted by Crippen LogP contribution is -2.40. The van der Waals surface area contributed by atoms with Gasteiger partial charge in [-0.2, -0.15) is 0 Å². The predicted molar refractivity (Wildman–Crippen MR) is 78.2 cm³/mol.